The monoisotopic (exact) mass is 415 g/mol. The van der Waals surface area contributed by atoms with Gasteiger partial charge >= 0.3 is 0 Å². The largest absolute Gasteiger partial charge is 0.355 e. The van der Waals surface area contributed by atoms with Crippen molar-refractivity contribution in [2.75, 3.05) is 39.3 Å². The number of carbonyl (C=O) groups excluding carboxylic acids is 1. The standard InChI is InChI=1S/C20H29N7OS/c1-2-7-22-18(28)14-24-10-12-25(13-11-24)15-26-20(29)27(17-3-4-17)19(23-26)16-5-8-21-9-6-16/h5-6,8-9,17H,2-4,7,10-15H2,1H3,(H,22,28). The number of rotatable bonds is 8. The zero-order valence-electron chi connectivity index (χ0n) is 17.0. The first-order valence-corrected chi connectivity index (χ1v) is 10.9. The maximum Gasteiger partial charge on any atom is 0.234 e. The Kier molecular flexibility index (Phi) is 6.37. The lowest BCUT2D eigenvalue weighted by molar-refractivity contribution is -0.122. The number of nitrogens with one attached hydrogen (secondary N) is 1. The lowest BCUT2D eigenvalue weighted by atomic mass is 10.2. The zero-order valence-corrected chi connectivity index (χ0v) is 17.8. The molecule has 1 aliphatic carbocycles. The van der Waals surface area contributed by atoms with Crippen LogP contribution in [0.5, 0.6) is 0 Å². The van der Waals surface area contributed by atoms with E-state index in [1.807, 2.05) is 16.8 Å². The van der Waals surface area contributed by atoms with Crippen LogP contribution in [0.1, 0.15) is 32.2 Å². The van der Waals surface area contributed by atoms with Crippen molar-refractivity contribution >= 4 is 18.1 Å². The Morgan fingerprint density at radius 2 is 1.86 bits per heavy atom. The molecule has 0 radical (unpaired) electrons. The molecule has 4 rings (SSSR count). The first kappa shape index (κ1) is 20.2. The van der Waals surface area contributed by atoms with Gasteiger partial charge in [-0.05, 0) is 43.6 Å². The van der Waals surface area contributed by atoms with Crippen molar-refractivity contribution in [2.45, 2.75) is 38.9 Å². The molecule has 29 heavy (non-hydrogen) atoms. The van der Waals surface area contributed by atoms with Gasteiger partial charge in [-0.1, -0.05) is 6.92 Å². The number of nitrogens with zero attached hydrogens (tertiary/aromatic N) is 6. The van der Waals surface area contributed by atoms with Crippen molar-refractivity contribution < 1.29 is 4.79 Å². The molecule has 8 nitrogen and oxygen atoms in total. The summed E-state index contributed by atoms with van der Waals surface area (Å²) in [7, 11) is 0. The minimum absolute atomic E-state index is 0.118. The van der Waals surface area contributed by atoms with Gasteiger partial charge < -0.3 is 5.32 Å². The van der Waals surface area contributed by atoms with Crippen molar-refractivity contribution in [1.29, 1.82) is 0 Å². The van der Waals surface area contributed by atoms with Crippen LogP contribution < -0.4 is 5.32 Å². The van der Waals surface area contributed by atoms with Crippen LogP contribution in [0.2, 0.25) is 0 Å². The average molecular weight is 416 g/mol. The number of hydrogen-bond acceptors (Lipinski definition) is 6. The van der Waals surface area contributed by atoms with Crippen LogP contribution in [0, 0.1) is 4.77 Å². The highest BCUT2D eigenvalue weighted by Crippen LogP contribution is 2.38. The molecular formula is C20H29N7OS. The van der Waals surface area contributed by atoms with Crippen LogP contribution in [0.4, 0.5) is 0 Å². The van der Waals surface area contributed by atoms with Crippen LogP contribution in [-0.4, -0.2) is 74.3 Å². The van der Waals surface area contributed by atoms with Crippen molar-refractivity contribution in [2.24, 2.45) is 0 Å². The molecule has 1 aliphatic heterocycles. The minimum Gasteiger partial charge on any atom is -0.355 e. The van der Waals surface area contributed by atoms with Gasteiger partial charge in [-0.3, -0.25) is 24.1 Å². The van der Waals surface area contributed by atoms with Gasteiger partial charge in [-0.25, -0.2) is 4.68 Å². The molecule has 9 heteroatoms. The number of hydrogen-bond donors (Lipinski definition) is 1. The second-order valence-electron chi connectivity index (χ2n) is 7.83. The van der Waals surface area contributed by atoms with Gasteiger partial charge in [-0.15, -0.1) is 0 Å². The zero-order chi connectivity index (χ0) is 20.2. The summed E-state index contributed by atoms with van der Waals surface area (Å²) in [5.41, 5.74) is 1.06. The molecule has 1 amide bonds. The maximum atomic E-state index is 11.9. The Bertz CT molecular complexity index is 882. The summed E-state index contributed by atoms with van der Waals surface area (Å²) in [5, 5.41) is 7.81. The van der Waals surface area contributed by atoms with Gasteiger partial charge in [0.15, 0.2) is 10.6 Å². The first-order valence-electron chi connectivity index (χ1n) is 10.5. The third-order valence-corrected chi connectivity index (χ3v) is 5.87. The van der Waals surface area contributed by atoms with Crippen molar-refractivity contribution in [3.8, 4) is 11.4 Å². The van der Waals surface area contributed by atoms with E-state index in [0.717, 1.165) is 68.1 Å². The molecule has 1 N–H and O–H groups in total. The fourth-order valence-corrected chi connectivity index (χ4v) is 4.01. The van der Waals surface area contributed by atoms with Crippen molar-refractivity contribution in [3.63, 3.8) is 0 Å². The Balaban J connectivity index is 1.39. The molecule has 3 heterocycles. The molecule has 0 aromatic carbocycles. The minimum atomic E-state index is 0.118. The van der Waals surface area contributed by atoms with E-state index in [0.29, 0.717) is 19.3 Å². The van der Waals surface area contributed by atoms with E-state index in [2.05, 4.69) is 31.6 Å². The van der Waals surface area contributed by atoms with E-state index in [-0.39, 0.29) is 5.91 Å². The first-order chi connectivity index (χ1) is 14.2. The molecule has 1 saturated carbocycles. The number of piperazine rings is 1. The highest BCUT2D eigenvalue weighted by molar-refractivity contribution is 7.71. The summed E-state index contributed by atoms with van der Waals surface area (Å²) in [5.74, 6) is 1.05. The SMILES string of the molecule is CCCNC(=O)CN1CCN(Cn2nc(-c3ccncc3)n(C3CC3)c2=S)CC1. The van der Waals surface area contributed by atoms with Gasteiger partial charge in [-0.2, -0.15) is 5.10 Å². The third kappa shape index (κ3) is 4.91. The van der Waals surface area contributed by atoms with Crippen molar-refractivity contribution in [1.82, 2.24) is 34.4 Å². The van der Waals surface area contributed by atoms with E-state index < -0.39 is 0 Å². The molecular weight excluding hydrogens is 386 g/mol. The lowest BCUT2D eigenvalue weighted by Crippen LogP contribution is -2.49. The normalized spacial score (nSPS) is 18.1. The van der Waals surface area contributed by atoms with E-state index in [4.69, 9.17) is 17.3 Å². The number of aromatic nitrogens is 4. The molecule has 0 spiro atoms. The van der Waals surface area contributed by atoms with Gasteiger partial charge in [0.25, 0.3) is 0 Å². The van der Waals surface area contributed by atoms with Crippen LogP contribution in [-0.2, 0) is 11.5 Å². The van der Waals surface area contributed by atoms with Crippen LogP contribution in [0.3, 0.4) is 0 Å². The van der Waals surface area contributed by atoms with Crippen LogP contribution >= 0.6 is 12.2 Å². The predicted molar refractivity (Wildman–Crippen MR) is 114 cm³/mol. The van der Waals surface area contributed by atoms with Gasteiger partial charge in [0.1, 0.15) is 0 Å². The van der Waals surface area contributed by atoms with E-state index >= 15 is 0 Å². The molecule has 2 fully saturated rings. The molecule has 1 saturated heterocycles. The Morgan fingerprint density at radius 3 is 2.52 bits per heavy atom. The molecule has 156 valence electrons. The Morgan fingerprint density at radius 1 is 1.17 bits per heavy atom. The Labute approximate surface area is 176 Å². The fourth-order valence-electron chi connectivity index (χ4n) is 3.67. The summed E-state index contributed by atoms with van der Waals surface area (Å²) >= 11 is 5.78. The summed E-state index contributed by atoms with van der Waals surface area (Å²) in [6, 6.07) is 4.45. The summed E-state index contributed by atoms with van der Waals surface area (Å²) < 4.78 is 4.95. The molecule has 0 bridgehead atoms. The van der Waals surface area contributed by atoms with Crippen LogP contribution in [0.25, 0.3) is 11.4 Å². The molecule has 2 aromatic heterocycles. The molecule has 0 unspecified atom stereocenters. The summed E-state index contributed by atoms with van der Waals surface area (Å²) in [4.78, 5) is 20.6. The van der Waals surface area contributed by atoms with E-state index in [9.17, 15) is 4.79 Å². The molecule has 0 atom stereocenters. The lowest BCUT2D eigenvalue weighted by Gasteiger charge is -2.33. The Hall–Kier alpha value is -2.10. The van der Waals surface area contributed by atoms with Gasteiger partial charge in [0.2, 0.25) is 5.91 Å². The van der Waals surface area contributed by atoms with E-state index in [1.54, 1.807) is 12.4 Å². The molecule has 2 aliphatic rings. The number of carbonyl (C=O) groups is 1. The quantitative estimate of drug-likeness (QED) is 0.664. The van der Waals surface area contributed by atoms with E-state index in [1.165, 1.54) is 0 Å². The second-order valence-corrected chi connectivity index (χ2v) is 8.19. The third-order valence-electron chi connectivity index (χ3n) is 5.46. The smallest absolute Gasteiger partial charge is 0.234 e. The predicted octanol–water partition coefficient (Wildman–Crippen LogP) is 1.91. The summed E-state index contributed by atoms with van der Waals surface area (Å²) in [6.07, 6.45) is 6.89. The fraction of sp³-hybridized carbons (Fsp3) is 0.600. The van der Waals surface area contributed by atoms with Crippen molar-refractivity contribution in [3.05, 3.63) is 29.3 Å². The second kappa shape index (κ2) is 9.15. The molecule has 2 aromatic rings. The van der Waals surface area contributed by atoms with Gasteiger partial charge in [0.05, 0.1) is 13.2 Å². The highest BCUT2D eigenvalue weighted by atomic mass is 32.1. The van der Waals surface area contributed by atoms with Crippen LogP contribution in [0.15, 0.2) is 24.5 Å². The number of amides is 1. The highest BCUT2D eigenvalue weighted by Gasteiger charge is 2.29. The topological polar surface area (TPSA) is 71.2 Å². The number of pyridine rings is 1. The van der Waals surface area contributed by atoms with Gasteiger partial charge in [0, 0.05) is 56.7 Å². The summed E-state index contributed by atoms with van der Waals surface area (Å²) in [6.45, 7) is 7.56. The average Bonchev–Trinajstić information content (AvgIpc) is 3.53. The maximum absolute atomic E-state index is 11.9.